The maximum absolute atomic E-state index is 12.9. The molecule has 0 aromatic heterocycles. The molecule has 0 radical (unpaired) electrons. The van der Waals surface area contributed by atoms with Gasteiger partial charge < -0.3 is 37.4 Å². The molecular formula is C23H28N4O7. The standard InChI is InChI=1S/C23H28N4O7/c24-17(11-13-1-5-15(28)6-2-13)21(31)27-19(12-14-3-7-16(29)8-4-14)22(32)26-18(23(33)34)9-10-20(25)30/h1-8,17-19,28-29H,9-12,24H2,(H2,25,30)(H,26,32)(H,27,31)(H,33,34)/t17-,18-,19-/m0/s1. The molecule has 34 heavy (non-hydrogen) atoms. The predicted octanol–water partition coefficient (Wildman–Crippen LogP) is -0.470. The first kappa shape index (κ1) is 26.1. The summed E-state index contributed by atoms with van der Waals surface area (Å²) in [5, 5.41) is 33.1. The van der Waals surface area contributed by atoms with Gasteiger partial charge in [0.2, 0.25) is 17.7 Å². The second kappa shape index (κ2) is 12.2. The lowest BCUT2D eigenvalue weighted by atomic mass is 10.0. The molecule has 3 amide bonds. The van der Waals surface area contributed by atoms with Crippen LogP contribution in [0.25, 0.3) is 0 Å². The topological polar surface area (TPSA) is 205 Å². The van der Waals surface area contributed by atoms with Crippen molar-refractivity contribution in [2.45, 2.75) is 43.8 Å². The van der Waals surface area contributed by atoms with Gasteiger partial charge in [0.1, 0.15) is 23.6 Å². The van der Waals surface area contributed by atoms with Crippen molar-refractivity contribution in [3.63, 3.8) is 0 Å². The third kappa shape index (κ3) is 8.43. The van der Waals surface area contributed by atoms with Crippen molar-refractivity contribution in [3.8, 4) is 11.5 Å². The van der Waals surface area contributed by atoms with Crippen LogP contribution in [0.4, 0.5) is 0 Å². The number of carbonyl (C=O) groups is 4. The van der Waals surface area contributed by atoms with Gasteiger partial charge in [-0.3, -0.25) is 14.4 Å². The van der Waals surface area contributed by atoms with Gasteiger partial charge in [-0.05, 0) is 48.2 Å². The van der Waals surface area contributed by atoms with E-state index < -0.39 is 41.8 Å². The van der Waals surface area contributed by atoms with Gasteiger partial charge in [-0.2, -0.15) is 0 Å². The van der Waals surface area contributed by atoms with Crippen LogP contribution >= 0.6 is 0 Å². The molecule has 0 heterocycles. The zero-order chi connectivity index (χ0) is 25.3. The van der Waals surface area contributed by atoms with Crippen LogP contribution in [0.2, 0.25) is 0 Å². The fraction of sp³-hybridized carbons (Fsp3) is 0.304. The van der Waals surface area contributed by atoms with Gasteiger partial charge in [0, 0.05) is 12.8 Å². The number of aromatic hydroxyl groups is 2. The molecule has 0 saturated heterocycles. The zero-order valence-electron chi connectivity index (χ0n) is 18.3. The maximum Gasteiger partial charge on any atom is 0.326 e. The predicted molar refractivity (Wildman–Crippen MR) is 122 cm³/mol. The Kier molecular flexibility index (Phi) is 9.38. The molecule has 0 fully saturated rings. The summed E-state index contributed by atoms with van der Waals surface area (Å²) in [6.07, 6.45) is -0.331. The van der Waals surface area contributed by atoms with Crippen LogP contribution < -0.4 is 22.1 Å². The number of rotatable bonds is 12. The minimum Gasteiger partial charge on any atom is -0.508 e. The molecule has 0 saturated carbocycles. The molecule has 0 aliphatic heterocycles. The molecule has 0 aliphatic rings. The van der Waals surface area contributed by atoms with E-state index in [1.54, 1.807) is 24.3 Å². The number of carbonyl (C=O) groups excluding carboxylic acids is 3. The summed E-state index contributed by atoms with van der Waals surface area (Å²) < 4.78 is 0. The number of amides is 3. The third-order valence-electron chi connectivity index (χ3n) is 5.03. The Morgan fingerprint density at radius 3 is 1.71 bits per heavy atom. The van der Waals surface area contributed by atoms with Crippen molar-refractivity contribution >= 4 is 23.7 Å². The number of hydrogen-bond donors (Lipinski definition) is 7. The molecule has 2 aromatic carbocycles. The van der Waals surface area contributed by atoms with E-state index in [1.165, 1.54) is 24.3 Å². The quantitative estimate of drug-likeness (QED) is 0.214. The highest BCUT2D eigenvalue weighted by atomic mass is 16.4. The summed E-state index contributed by atoms with van der Waals surface area (Å²) in [6, 6.07) is 8.48. The van der Waals surface area contributed by atoms with E-state index in [4.69, 9.17) is 11.5 Å². The normalized spacial score (nSPS) is 13.3. The van der Waals surface area contributed by atoms with E-state index in [0.29, 0.717) is 11.1 Å². The number of hydrogen-bond acceptors (Lipinski definition) is 7. The van der Waals surface area contributed by atoms with E-state index in [-0.39, 0.29) is 37.2 Å². The number of aliphatic carboxylic acids is 1. The van der Waals surface area contributed by atoms with Crippen LogP contribution in [0.3, 0.4) is 0 Å². The van der Waals surface area contributed by atoms with E-state index >= 15 is 0 Å². The minimum atomic E-state index is -1.38. The number of carboxylic acid groups (broad SMARTS) is 1. The fourth-order valence-electron chi connectivity index (χ4n) is 3.15. The summed E-state index contributed by atoms with van der Waals surface area (Å²) in [4.78, 5) is 48.1. The Labute approximate surface area is 195 Å². The van der Waals surface area contributed by atoms with Gasteiger partial charge in [-0.25, -0.2) is 4.79 Å². The molecule has 182 valence electrons. The van der Waals surface area contributed by atoms with Crippen molar-refractivity contribution in [2.24, 2.45) is 11.5 Å². The van der Waals surface area contributed by atoms with Crippen molar-refractivity contribution in [1.82, 2.24) is 10.6 Å². The largest absolute Gasteiger partial charge is 0.508 e. The van der Waals surface area contributed by atoms with Crippen molar-refractivity contribution in [3.05, 3.63) is 59.7 Å². The van der Waals surface area contributed by atoms with Crippen LogP contribution in [0.1, 0.15) is 24.0 Å². The molecule has 2 aromatic rings. The average Bonchev–Trinajstić information content (AvgIpc) is 2.78. The van der Waals surface area contributed by atoms with Gasteiger partial charge >= 0.3 is 5.97 Å². The lowest BCUT2D eigenvalue weighted by Gasteiger charge is -2.23. The maximum atomic E-state index is 12.9. The number of phenols is 2. The van der Waals surface area contributed by atoms with Crippen LogP contribution in [-0.2, 0) is 32.0 Å². The molecule has 2 rings (SSSR count). The van der Waals surface area contributed by atoms with Crippen molar-refractivity contribution in [1.29, 1.82) is 0 Å². The van der Waals surface area contributed by atoms with Gasteiger partial charge in [0.15, 0.2) is 0 Å². The number of nitrogens with one attached hydrogen (secondary N) is 2. The first-order valence-corrected chi connectivity index (χ1v) is 10.5. The molecule has 0 spiro atoms. The monoisotopic (exact) mass is 472 g/mol. The number of phenolic OH excluding ortho intramolecular Hbond substituents is 2. The fourth-order valence-corrected chi connectivity index (χ4v) is 3.15. The number of benzene rings is 2. The molecular weight excluding hydrogens is 444 g/mol. The van der Waals surface area contributed by atoms with Crippen LogP contribution in [0.15, 0.2) is 48.5 Å². The summed E-state index contributed by atoms with van der Waals surface area (Å²) >= 11 is 0. The second-order valence-corrected chi connectivity index (χ2v) is 7.81. The Morgan fingerprint density at radius 2 is 1.24 bits per heavy atom. The second-order valence-electron chi connectivity index (χ2n) is 7.81. The Hall–Kier alpha value is -4.12. The molecule has 0 aliphatic carbocycles. The van der Waals surface area contributed by atoms with E-state index in [9.17, 15) is 34.5 Å². The van der Waals surface area contributed by atoms with E-state index in [2.05, 4.69) is 10.6 Å². The molecule has 0 unspecified atom stereocenters. The van der Waals surface area contributed by atoms with Crippen LogP contribution in [-0.4, -0.2) is 57.1 Å². The van der Waals surface area contributed by atoms with Gasteiger partial charge in [0.25, 0.3) is 0 Å². The Morgan fingerprint density at radius 1 is 0.765 bits per heavy atom. The molecule has 11 heteroatoms. The summed E-state index contributed by atoms with van der Waals surface area (Å²) in [5.41, 5.74) is 12.3. The Bertz CT molecular complexity index is 1010. The first-order chi connectivity index (χ1) is 16.0. The van der Waals surface area contributed by atoms with Gasteiger partial charge in [-0.15, -0.1) is 0 Å². The van der Waals surface area contributed by atoms with E-state index in [0.717, 1.165) is 0 Å². The molecule has 0 bridgehead atoms. The molecule has 3 atom stereocenters. The lowest BCUT2D eigenvalue weighted by Crippen LogP contribution is -2.55. The van der Waals surface area contributed by atoms with E-state index in [1.807, 2.05) is 0 Å². The van der Waals surface area contributed by atoms with Crippen molar-refractivity contribution < 1.29 is 34.5 Å². The average molecular weight is 472 g/mol. The highest BCUT2D eigenvalue weighted by Crippen LogP contribution is 2.13. The van der Waals surface area contributed by atoms with Crippen LogP contribution in [0.5, 0.6) is 11.5 Å². The highest BCUT2D eigenvalue weighted by Gasteiger charge is 2.28. The zero-order valence-corrected chi connectivity index (χ0v) is 18.3. The number of nitrogens with two attached hydrogens (primary N) is 2. The first-order valence-electron chi connectivity index (χ1n) is 10.5. The smallest absolute Gasteiger partial charge is 0.326 e. The summed E-state index contributed by atoms with van der Waals surface area (Å²) in [6.45, 7) is 0. The molecule has 9 N–H and O–H groups in total. The minimum absolute atomic E-state index is 0.00799. The number of carboxylic acids is 1. The van der Waals surface area contributed by atoms with Gasteiger partial charge in [0.05, 0.1) is 6.04 Å². The summed E-state index contributed by atoms with van der Waals surface area (Å²) in [5.74, 6) is -3.41. The van der Waals surface area contributed by atoms with Crippen LogP contribution in [0, 0.1) is 0 Å². The lowest BCUT2D eigenvalue weighted by molar-refractivity contribution is -0.142. The van der Waals surface area contributed by atoms with Gasteiger partial charge in [-0.1, -0.05) is 24.3 Å². The third-order valence-corrected chi connectivity index (χ3v) is 5.03. The molecule has 11 nitrogen and oxygen atoms in total. The highest BCUT2D eigenvalue weighted by molar-refractivity contribution is 5.92. The Balaban J connectivity index is 2.14. The summed E-state index contributed by atoms with van der Waals surface area (Å²) in [7, 11) is 0. The SMILES string of the molecule is NC(=O)CC[C@H](NC(=O)[C@H](Cc1ccc(O)cc1)NC(=O)[C@@H](N)Cc1ccc(O)cc1)C(=O)O. The number of primary amides is 1. The van der Waals surface area contributed by atoms with Crippen molar-refractivity contribution in [2.75, 3.05) is 0 Å².